The Hall–Kier alpha value is -1.13. The third-order valence-corrected chi connectivity index (χ3v) is 3.71. The minimum absolute atomic E-state index is 0.236. The SMILES string of the molecule is NCC(CCOc1ccc(F)cc1)N1CCCCC1. The van der Waals surface area contributed by atoms with Crippen molar-refractivity contribution in [1.29, 1.82) is 0 Å². The molecule has 0 spiro atoms. The van der Waals surface area contributed by atoms with Crippen molar-refractivity contribution < 1.29 is 9.13 Å². The highest BCUT2D eigenvalue weighted by Crippen LogP contribution is 2.15. The topological polar surface area (TPSA) is 38.5 Å². The number of hydrogen-bond donors (Lipinski definition) is 1. The molecular formula is C15H23FN2O. The highest BCUT2D eigenvalue weighted by molar-refractivity contribution is 5.21. The summed E-state index contributed by atoms with van der Waals surface area (Å²) in [6.07, 6.45) is 4.80. The fraction of sp³-hybridized carbons (Fsp3) is 0.600. The maximum Gasteiger partial charge on any atom is 0.123 e. The molecule has 0 radical (unpaired) electrons. The number of nitrogens with zero attached hydrogens (tertiary/aromatic N) is 1. The molecule has 4 heteroatoms. The molecule has 0 amide bonds. The van der Waals surface area contributed by atoms with Crippen molar-refractivity contribution in [3.05, 3.63) is 30.1 Å². The average molecular weight is 266 g/mol. The van der Waals surface area contributed by atoms with Crippen LogP contribution in [-0.4, -0.2) is 37.2 Å². The van der Waals surface area contributed by atoms with Crippen LogP contribution in [0.25, 0.3) is 0 Å². The number of rotatable bonds is 6. The third kappa shape index (κ3) is 4.48. The molecule has 1 aliphatic rings. The van der Waals surface area contributed by atoms with Gasteiger partial charge in [-0.15, -0.1) is 0 Å². The van der Waals surface area contributed by atoms with Gasteiger partial charge in [0, 0.05) is 12.6 Å². The van der Waals surface area contributed by atoms with E-state index in [0.29, 0.717) is 19.2 Å². The molecule has 2 rings (SSSR count). The lowest BCUT2D eigenvalue weighted by atomic mass is 10.1. The van der Waals surface area contributed by atoms with Gasteiger partial charge in [-0.3, -0.25) is 4.90 Å². The lowest BCUT2D eigenvalue weighted by Gasteiger charge is -2.33. The molecule has 19 heavy (non-hydrogen) atoms. The minimum Gasteiger partial charge on any atom is -0.494 e. The van der Waals surface area contributed by atoms with E-state index in [9.17, 15) is 4.39 Å². The van der Waals surface area contributed by atoms with Gasteiger partial charge >= 0.3 is 0 Å². The molecule has 1 fully saturated rings. The predicted octanol–water partition coefficient (Wildman–Crippen LogP) is 2.41. The Morgan fingerprint density at radius 3 is 2.47 bits per heavy atom. The van der Waals surface area contributed by atoms with E-state index in [0.717, 1.165) is 25.3 Å². The van der Waals surface area contributed by atoms with Crippen LogP contribution in [0.2, 0.25) is 0 Å². The summed E-state index contributed by atoms with van der Waals surface area (Å²) in [5.41, 5.74) is 5.86. The van der Waals surface area contributed by atoms with E-state index in [4.69, 9.17) is 10.5 Å². The number of nitrogens with two attached hydrogens (primary N) is 1. The van der Waals surface area contributed by atoms with Crippen LogP contribution in [0.5, 0.6) is 5.75 Å². The Bertz CT molecular complexity index is 363. The summed E-state index contributed by atoms with van der Waals surface area (Å²) >= 11 is 0. The van der Waals surface area contributed by atoms with Gasteiger partial charge in [-0.25, -0.2) is 4.39 Å². The van der Waals surface area contributed by atoms with Crippen molar-refractivity contribution in [2.45, 2.75) is 31.7 Å². The predicted molar refractivity (Wildman–Crippen MR) is 74.8 cm³/mol. The standard InChI is InChI=1S/C15H23FN2O/c16-13-4-6-15(7-5-13)19-11-8-14(12-17)18-9-2-1-3-10-18/h4-7,14H,1-3,8-12,17H2. The zero-order valence-corrected chi connectivity index (χ0v) is 11.4. The summed E-state index contributed by atoms with van der Waals surface area (Å²) in [5.74, 6) is 0.483. The number of benzene rings is 1. The molecular weight excluding hydrogens is 243 g/mol. The van der Waals surface area contributed by atoms with Crippen molar-refractivity contribution >= 4 is 0 Å². The quantitative estimate of drug-likeness (QED) is 0.859. The molecule has 106 valence electrons. The largest absolute Gasteiger partial charge is 0.494 e. The lowest BCUT2D eigenvalue weighted by Crippen LogP contribution is -2.44. The van der Waals surface area contributed by atoms with Gasteiger partial charge in [0.25, 0.3) is 0 Å². The number of hydrogen-bond acceptors (Lipinski definition) is 3. The maximum atomic E-state index is 12.8. The highest BCUT2D eigenvalue weighted by atomic mass is 19.1. The first-order valence-electron chi connectivity index (χ1n) is 7.12. The molecule has 3 nitrogen and oxygen atoms in total. The number of ether oxygens (including phenoxy) is 1. The minimum atomic E-state index is -0.236. The molecule has 1 atom stereocenters. The number of piperidine rings is 1. The van der Waals surface area contributed by atoms with Crippen LogP contribution in [0.1, 0.15) is 25.7 Å². The maximum absolute atomic E-state index is 12.8. The van der Waals surface area contributed by atoms with E-state index in [2.05, 4.69) is 4.90 Å². The fourth-order valence-electron chi connectivity index (χ4n) is 2.58. The van der Waals surface area contributed by atoms with Gasteiger partial charge in [0.1, 0.15) is 11.6 Å². The Kier molecular flexibility index (Phi) is 5.61. The fourth-order valence-corrected chi connectivity index (χ4v) is 2.58. The van der Waals surface area contributed by atoms with Crippen LogP contribution in [0.4, 0.5) is 4.39 Å². The van der Waals surface area contributed by atoms with Crippen molar-refractivity contribution in [2.24, 2.45) is 5.73 Å². The molecule has 1 aromatic rings. The second-order valence-electron chi connectivity index (χ2n) is 5.08. The van der Waals surface area contributed by atoms with E-state index in [1.807, 2.05) is 0 Å². The molecule has 2 N–H and O–H groups in total. The molecule has 1 aliphatic heterocycles. The molecule has 0 saturated carbocycles. The van der Waals surface area contributed by atoms with Crippen molar-refractivity contribution in [1.82, 2.24) is 4.90 Å². The Balaban J connectivity index is 1.74. The van der Waals surface area contributed by atoms with E-state index < -0.39 is 0 Å². The van der Waals surface area contributed by atoms with Crippen LogP contribution >= 0.6 is 0 Å². The molecule has 1 heterocycles. The summed E-state index contributed by atoms with van der Waals surface area (Å²) in [6, 6.07) is 6.56. The van der Waals surface area contributed by atoms with Crippen LogP contribution in [-0.2, 0) is 0 Å². The van der Waals surface area contributed by atoms with Gasteiger partial charge in [-0.05, 0) is 56.6 Å². The van der Waals surface area contributed by atoms with E-state index >= 15 is 0 Å². The van der Waals surface area contributed by atoms with Crippen LogP contribution in [0.15, 0.2) is 24.3 Å². The summed E-state index contributed by atoms with van der Waals surface area (Å²) in [5, 5.41) is 0. The Labute approximate surface area is 114 Å². The monoisotopic (exact) mass is 266 g/mol. The third-order valence-electron chi connectivity index (χ3n) is 3.71. The van der Waals surface area contributed by atoms with Crippen LogP contribution in [0, 0.1) is 5.82 Å². The molecule has 0 aromatic heterocycles. The Morgan fingerprint density at radius 1 is 1.16 bits per heavy atom. The molecule has 0 bridgehead atoms. The Morgan fingerprint density at radius 2 is 1.84 bits per heavy atom. The van der Waals surface area contributed by atoms with Gasteiger partial charge < -0.3 is 10.5 Å². The van der Waals surface area contributed by atoms with Gasteiger partial charge in [0.15, 0.2) is 0 Å². The van der Waals surface area contributed by atoms with Crippen molar-refractivity contribution in [3.63, 3.8) is 0 Å². The second-order valence-corrected chi connectivity index (χ2v) is 5.08. The first-order chi connectivity index (χ1) is 9.29. The van der Waals surface area contributed by atoms with Crippen LogP contribution in [0.3, 0.4) is 0 Å². The summed E-state index contributed by atoms with van der Waals surface area (Å²) in [7, 11) is 0. The number of halogens is 1. The second kappa shape index (κ2) is 7.46. The average Bonchev–Trinajstić information content (AvgIpc) is 2.46. The smallest absolute Gasteiger partial charge is 0.123 e. The van der Waals surface area contributed by atoms with E-state index in [-0.39, 0.29) is 5.82 Å². The molecule has 0 aliphatic carbocycles. The van der Waals surface area contributed by atoms with Crippen molar-refractivity contribution in [3.8, 4) is 5.75 Å². The van der Waals surface area contributed by atoms with Gasteiger partial charge in [0.2, 0.25) is 0 Å². The van der Waals surface area contributed by atoms with Gasteiger partial charge in [-0.1, -0.05) is 6.42 Å². The highest BCUT2D eigenvalue weighted by Gasteiger charge is 2.19. The first kappa shape index (κ1) is 14.3. The van der Waals surface area contributed by atoms with Crippen LogP contribution < -0.4 is 10.5 Å². The normalized spacial score (nSPS) is 18.2. The lowest BCUT2D eigenvalue weighted by molar-refractivity contribution is 0.142. The van der Waals surface area contributed by atoms with Gasteiger partial charge in [0.05, 0.1) is 6.61 Å². The zero-order valence-electron chi connectivity index (χ0n) is 11.4. The van der Waals surface area contributed by atoms with Gasteiger partial charge in [-0.2, -0.15) is 0 Å². The summed E-state index contributed by atoms with van der Waals surface area (Å²) < 4.78 is 18.4. The molecule has 1 unspecified atom stereocenters. The summed E-state index contributed by atoms with van der Waals surface area (Å²) in [6.45, 7) is 3.60. The molecule has 1 aromatic carbocycles. The van der Waals surface area contributed by atoms with E-state index in [1.165, 1.54) is 31.4 Å². The first-order valence-corrected chi connectivity index (χ1v) is 7.12. The summed E-state index contributed by atoms with van der Waals surface area (Å²) in [4.78, 5) is 2.47. The molecule has 1 saturated heterocycles. The zero-order chi connectivity index (χ0) is 13.5. The van der Waals surface area contributed by atoms with E-state index in [1.54, 1.807) is 12.1 Å². The number of likely N-dealkylation sites (tertiary alicyclic amines) is 1. The van der Waals surface area contributed by atoms with Crippen molar-refractivity contribution in [2.75, 3.05) is 26.2 Å².